The van der Waals surface area contributed by atoms with Crippen LogP contribution in [0.5, 0.6) is 5.75 Å². The maximum absolute atomic E-state index is 12.6. The van der Waals surface area contributed by atoms with Gasteiger partial charge in [0.25, 0.3) is 15.9 Å². The van der Waals surface area contributed by atoms with Gasteiger partial charge in [-0.1, -0.05) is 17.7 Å². The van der Waals surface area contributed by atoms with Gasteiger partial charge in [-0.2, -0.15) is 0 Å². The van der Waals surface area contributed by atoms with Crippen LogP contribution in [0.4, 0.5) is 0 Å². The van der Waals surface area contributed by atoms with Crippen LogP contribution in [0.1, 0.15) is 21.6 Å². The van der Waals surface area contributed by atoms with Crippen molar-refractivity contribution in [3.63, 3.8) is 0 Å². The molecule has 2 aromatic heterocycles. The van der Waals surface area contributed by atoms with Gasteiger partial charge in [0.2, 0.25) is 0 Å². The van der Waals surface area contributed by atoms with E-state index in [2.05, 4.69) is 10.3 Å². The summed E-state index contributed by atoms with van der Waals surface area (Å²) in [4.78, 5) is 16.6. The molecule has 0 aliphatic carbocycles. The van der Waals surface area contributed by atoms with Crippen LogP contribution < -0.4 is 10.1 Å². The van der Waals surface area contributed by atoms with Gasteiger partial charge in [-0.3, -0.25) is 9.78 Å². The van der Waals surface area contributed by atoms with Crippen molar-refractivity contribution in [1.29, 1.82) is 0 Å². The van der Waals surface area contributed by atoms with E-state index in [1.54, 1.807) is 49.7 Å². The van der Waals surface area contributed by atoms with Gasteiger partial charge in [0.1, 0.15) is 5.75 Å². The van der Waals surface area contributed by atoms with Gasteiger partial charge in [0.05, 0.1) is 29.8 Å². The molecule has 0 atom stereocenters. The molecule has 0 radical (unpaired) electrons. The van der Waals surface area contributed by atoms with Crippen LogP contribution >= 0.6 is 0 Å². The second-order valence-electron chi connectivity index (χ2n) is 5.92. The fourth-order valence-electron chi connectivity index (χ4n) is 2.45. The van der Waals surface area contributed by atoms with Gasteiger partial charge in [-0.25, -0.2) is 12.4 Å². The van der Waals surface area contributed by atoms with Crippen LogP contribution in [0.25, 0.3) is 0 Å². The molecule has 2 heterocycles. The van der Waals surface area contributed by atoms with Crippen molar-refractivity contribution in [1.82, 2.24) is 14.3 Å². The summed E-state index contributed by atoms with van der Waals surface area (Å²) in [6.07, 6.45) is 4.24. The van der Waals surface area contributed by atoms with E-state index in [0.717, 1.165) is 9.54 Å². The zero-order chi connectivity index (χ0) is 19.4. The monoisotopic (exact) mass is 385 g/mol. The summed E-state index contributed by atoms with van der Waals surface area (Å²) in [7, 11) is -2.19. The van der Waals surface area contributed by atoms with Gasteiger partial charge in [-0.05, 0) is 31.2 Å². The maximum atomic E-state index is 12.6. The van der Waals surface area contributed by atoms with Crippen molar-refractivity contribution in [2.45, 2.75) is 18.4 Å². The molecule has 1 aromatic carbocycles. The second-order valence-corrected chi connectivity index (χ2v) is 7.76. The molecule has 8 heteroatoms. The van der Waals surface area contributed by atoms with Gasteiger partial charge < -0.3 is 10.1 Å². The number of hydrogen-bond donors (Lipinski definition) is 1. The van der Waals surface area contributed by atoms with Crippen LogP contribution in [0.15, 0.2) is 66.0 Å². The maximum Gasteiger partial charge on any atom is 0.267 e. The van der Waals surface area contributed by atoms with Crippen LogP contribution in [-0.4, -0.2) is 30.4 Å². The minimum atomic E-state index is -3.74. The standard InChI is InChI=1S/C19H19N3O4S/c1-14-3-5-18(6-4-14)27(24,25)22-10-8-15(13-22)19(23)21-12-16-11-17(26-2)7-9-20-16/h3-11,13H,12H2,1-2H3,(H,21,23). The van der Waals surface area contributed by atoms with Crippen molar-refractivity contribution in [2.75, 3.05) is 7.11 Å². The lowest BCUT2D eigenvalue weighted by atomic mass is 10.2. The molecule has 1 amide bonds. The Hall–Kier alpha value is -3.13. The molecular formula is C19H19N3O4S. The van der Waals surface area contributed by atoms with E-state index in [0.29, 0.717) is 11.4 Å². The molecule has 0 spiro atoms. The molecule has 0 saturated heterocycles. The molecule has 0 aliphatic heterocycles. The van der Waals surface area contributed by atoms with Crippen LogP contribution in [0, 0.1) is 6.92 Å². The quantitative estimate of drug-likeness (QED) is 0.703. The highest BCUT2D eigenvalue weighted by molar-refractivity contribution is 7.90. The van der Waals surface area contributed by atoms with Gasteiger partial charge in [0.15, 0.2) is 0 Å². The molecule has 0 saturated carbocycles. The topological polar surface area (TPSA) is 90.3 Å². The molecule has 1 N–H and O–H groups in total. The van der Waals surface area contributed by atoms with E-state index in [4.69, 9.17) is 4.74 Å². The Morgan fingerprint density at radius 3 is 2.63 bits per heavy atom. The van der Waals surface area contributed by atoms with Crippen molar-refractivity contribution in [2.24, 2.45) is 0 Å². The highest BCUT2D eigenvalue weighted by Gasteiger charge is 2.18. The molecule has 7 nitrogen and oxygen atoms in total. The Morgan fingerprint density at radius 2 is 1.93 bits per heavy atom. The Morgan fingerprint density at radius 1 is 1.19 bits per heavy atom. The minimum Gasteiger partial charge on any atom is -0.497 e. The number of rotatable bonds is 6. The van der Waals surface area contributed by atoms with E-state index in [9.17, 15) is 13.2 Å². The average molecular weight is 385 g/mol. The third kappa shape index (κ3) is 4.17. The van der Waals surface area contributed by atoms with Crippen LogP contribution in [0.3, 0.4) is 0 Å². The smallest absolute Gasteiger partial charge is 0.267 e. The number of aromatic nitrogens is 2. The number of ether oxygens (including phenoxy) is 1. The predicted octanol–water partition coefficient (Wildman–Crippen LogP) is 2.37. The fourth-order valence-corrected chi connectivity index (χ4v) is 3.64. The number of carbonyl (C=O) groups is 1. The number of amides is 1. The molecule has 0 fully saturated rings. The minimum absolute atomic E-state index is 0.163. The molecule has 3 aromatic rings. The molecular weight excluding hydrogens is 366 g/mol. The summed E-state index contributed by atoms with van der Waals surface area (Å²) >= 11 is 0. The van der Waals surface area contributed by atoms with Crippen molar-refractivity contribution in [3.05, 3.63) is 77.9 Å². The second kappa shape index (κ2) is 7.63. The summed E-state index contributed by atoms with van der Waals surface area (Å²) in [5.74, 6) is 0.252. The first-order valence-electron chi connectivity index (χ1n) is 8.17. The Balaban J connectivity index is 1.72. The summed E-state index contributed by atoms with van der Waals surface area (Å²) < 4.78 is 31.4. The number of aryl methyl sites for hydroxylation is 1. The van der Waals surface area contributed by atoms with Crippen molar-refractivity contribution < 1.29 is 17.9 Å². The lowest BCUT2D eigenvalue weighted by Crippen LogP contribution is -2.23. The average Bonchev–Trinajstić information content (AvgIpc) is 3.18. The van der Waals surface area contributed by atoms with Gasteiger partial charge in [-0.15, -0.1) is 0 Å². The van der Waals surface area contributed by atoms with Gasteiger partial charge >= 0.3 is 0 Å². The molecule has 0 aliphatic rings. The number of methoxy groups -OCH3 is 1. The zero-order valence-corrected chi connectivity index (χ0v) is 15.7. The van der Waals surface area contributed by atoms with Crippen molar-refractivity contribution >= 4 is 15.9 Å². The third-order valence-corrected chi connectivity index (χ3v) is 5.63. The van der Waals surface area contributed by atoms with Crippen LogP contribution in [-0.2, 0) is 16.6 Å². The highest BCUT2D eigenvalue weighted by atomic mass is 32.2. The molecule has 0 unspecified atom stereocenters. The number of hydrogen-bond acceptors (Lipinski definition) is 5. The number of benzene rings is 1. The van der Waals surface area contributed by atoms with E-state index in [1.807, 2.05) is 6.92 Å². The first kappa shape index (κ1) is 18.7. The molecule has 3 rings (SSSR count). The van der Waals surface area contributed by atoms with Crippen LogP contribution in [0.2, 0.25) is 0 Å². The lowest BCUT2D eigenvalue weighted by Gasteiger charge is -2.06. The van der Waals surface area contributed by atoms with E-state index in [1.165, 1.54) is 18.5 Å². The molecule has 140 valence electrons. The zero-order valence-electron chi connectivity index (χ0n) is 14.9. The summed E-state index contributed by atoms with van der Waals surface area (Å²) in [6, 6.07) is 11.4. The predicted molar refractivity (Wildman–Crippen MR) is 100 cm³/mol. The Kier molecular flexibility index (Phi) is 5.27. The number of nitrogens with zero attached hydrogens (tertiary/aromatic N) is 2. The number of carbonyl (C=O) groups excluding carboxylic acids is 1. The number of nitrogens with one attached hydrogen (secondary N) is 1. The number of pyridine rings is 1. The van der Waals surface area contributed by atoms with Crippen molar-refractivity contribution in [3.8, 4) is 5.75 Å². The normalized spacial score (nSPS) is 11.2. The SMILES string of the molecule is COc1ccnc(CNC(=O)c2ccn(S(=O)(=O)c3ccc(C)cc3)c2)c1. The fraction of sp³-hybridized carbons (Fsp3) is 0.158. The van der Waals surface area contributed by atoms with Gasteiger partial charge in [0, 0.05) is 24.7 Å². The summed E-state index contributed by atoms with van der Waals surface area (Å²) in [6.45, 7) is 2.08. The third-order valence-electron chi connectivity index (χ3n) is 3.98. The first-order valence-corrected chi connectivity index (χ1v) is 9.61. The summed E-state index contributed by atoms with van der Waals surface area (Å²) in [5.41, 5.74) is 1.84. The molecule has 0 bridgehead atoms. The summed E-state index contributed by atoms with van der Waals surface area (Å²) in [5, 5.41) is 2.71. The highest BCUT2D eigenvalue weighted by Crippen LogP contribution is 2.16. The van der Waals surface area contributed by atoms with E-state index < -0.39 is 15.9 Å². The lowest BCUT2D eigenvalue weighted by molar-refractivity contribution is 0.0950. The van der Waals surface area contributed by atoms with E-state index in [-0.39, 0.29) is 17.0 Å². The Bertz CT molecular complexity index is 1060. The van der Waals surface area contributed by atoms with E-state index >= 15 is 0 Å². The largest absolute Gasteiger partial charge is 0.497 e. The molecule has 27 heavy (non-hydrogen) atoms. The first-order chi connectivity index (χ1) is 12.9. The Labute approximate surface area is 157 Å².